The van der Waals surface area contributed by atoms with E-state index >= 15 is 0 Å². The van der Waals surface area contributed by atoms with E-state index < -0.39 is 0 Å². The number of hydrogen-bond donors (Lipinski definition) is 2. The second-order valence-corrected chi connectivity index (χ2v) is 7.11. The third-order valence-electron chi connectivity index (χ3n) is 5.24. The van der Waals surface area contributed by atoms with Gasteiger partial charge in [-0.1, -0.05) is 18.2 Å². The molecule has 144 valence electrons. The Morgan fingerprint density at radius 2 is 1.96 bits per heavy atom. The van der Waals surface area contributed by atoms with Crippen LogP contribution in [0.1, 0.15) is 18.4 Å². The molecule has 2 aromatic carbocycles. The molecule has 27 heavy (non-hydrogen) atoms. The molecule has 2 aromatic rings. The molecule has 0 radical (unpaired) electrons. The Kier molecular flexibility index (Phi) is 5.96. The highest BCUT2D eigenvalue weighted by Crippen LogP contribution is 2.35. The maximum Gasteiger partial charge on any atom is 0.321 e. The van der Waals surface area contributed by atoms with Crippen molar-refractivity contribution in [2.24, 2.45) is 5.41 Å². The standard InChI is InChI=1S/C21H25FN2O3/c1-27-19-7-3-6-18(13-19)23-20(26)24-10-8-21(15-25,9-11-24)14-16-4-2-5-17(22)12-16/h2-7,12-13,25H,8-11,14-15H2,1H3,(H,23,26). The molecule has 0 aliphatic carbocycles. The van der Waals surface area contributed by atoms with Crippen molar-refractivity contribution in [3.8, 4) is 5.75 Å². The Labute approximate surface area is 158 Å². The lowest BCUT2D eigenvalue weighted by Gasteiger charge is -2.40. The van der Waals surface area contributed by atoms with Gasteiger partial charge in [-0.3, -0.25) is 0 Å². The fourth-order valence-electron chi connectivity index (χ4n) is 3.56. The molecule has 2 N–H and O–H groups in total. The fourth-order valence-corrected chi connectivity index (χ4v) is 3.56. The van der Waals surface area contributed by atoms with E-state index in [2.05, 4.69) is 5.32 Å². The molecule has 1 aliphatic rings. The summed E-state index contributed by atoms with van der Waals surface area (Å²) in [5.74, 6) is 0.413. The summed E-state index contributed by atoms with van der Waals surface area (Å²) >= 11 is 0. The molecule has 1 fully saturated rings. The van der Waals surface area contributed by atoms with Crippen LogP contribution < -0.4 is 10.1 Å². The van der Waals surface area contributed by atoms with Crippen LogP contribution in [0.4, 0.5) is 14.9 Å². The first-order chi connectivity index (χ1) is 13.0. The summed E-state index contributed by atoms with van der Waals surface area (Å²) in [5.41, 5.74) is 1.23. The SMILES string of the molecule is COc1cccc(NC(=O)N2CCC(CO)(Cc3cccc(F)c3)CC2)c1. The Bertz CT molecular complexity index is 789. The summed E-state index contributed by atoms with van der Waals surface area (Å²) in [6.45, 7) is 1.12. The number of hydrogen-bond acceptors (Lipinski definition) is 3. The number of halogens is 1. The number of urea groups is 1. The van der Waals surface area contributed by atoms with E-state index in [-0.39, 0.29) is 23.9 Å². The van der Waals surface area contributed by atoms with Gasteiger partial charge in [0.15, 0.2) is 0 Å². The van der Waals surface area contributed by atoms with Gasteiger partial charge in [-0.2, -0.15) is 0 Å². The second-order valence-electron chi connectivity index (χ2n) is 7.11. The van der Waals surface area contributed by atoms with Crippen LogP contribution in [-0.2, 0) is 6.42 Å². The van der Waals surface area contributed by atoms with Crippen LogP contribution in [0.15, 0.2) is 48.5 Å². The number of rotatable bonds is 5. The van der Waals surface area contributed by atoms with Crippen molar-refractivity contribution in [3.63, 3.8) is 0 Å². The molecule has 6 heteroatoms. The van der Waals surface area contributed by atoms with Gasteiger partial charge in [-0.25, -0.2) is 9.18 Å². The van der Waals surface area contributed by atoms with Gasteiger partial charge in [0.1, 0.15) is 11.6 Å². The van der Waals surface area contributed by atoms with E-state index in [0.717, 1.165) is 5.56 Å². The molecular formula is C21H25FN2O3. The largest absolute Gasteiger partial charge is 0.497 e. The molecule has 0 bridgehead atoms. The van der Waals surface area contributed by atoms with E-state index in [1.807, 2.05) is 24.3 Å². The second kappa shape index (κ2) is 8.39. The van der Waals surface area contributed by atoms with Crippen molar-refractivity contribution in [1.29, 1.82) is 0 Å². The van der Waals surface area contributed by atoms with Crippen molar-refractivity contribution < 1.29 is 19.0 Å². The number of carbonyl (C=O) groups excluding carboxylic acids is 1. The van der Waals surface area contributed by atoms with Crippen LogP contribution in [0.3, 0.4) is 0 Å². The summed E-state index contributed by atoms with van der Waals surface area (Å²) < 4.78 is 18.6. The predicted molar refractivity (Wildman–Crippen MR) is 102 cm³/mol. The average molecular weight is 372 g/mol. The van der Waals surface area contributed by atoms with Crippen LogP contribution in [0.25, 0.3) is 0 Å². The molecule has 0 saturated carbocycles. The van der Waals surface area contributed by atoms with Gasteiger partial charge < -0.3 is 20.1 Å². The smallest absolute Gasteiger partial charge is 0.321 e. The fraction of sp³-hybridized carbons (Fsp3) is 0.381. The number of nitrogens with zero attached hydrogens (tertiary/aromatic N) is 1. The van der Waals surface area contributed by atoms with Gasteiger partial charge in [0.05, 0.1) is 7.11 Å². The molecule has 0 spiro atoms. The zero-order valence-corrected chi connectivity index (χ0v) is 15.5. The van der Waals surface area contributed by atoms with Gasteiger partial charge in [0.2, 0.25) is 0 Å². The summed E-state index contributed by atoms with van der Waals surface area (Å²) in [4.78, 5) is 14.3. The lowest BCUT2D eigenvalue weighted by atomic mass is 9.74. The first-order valence-corrected chi connectivity index (χ1v) is 9.09. The molecule has 0 unspecified atom stereocenters. The Balaban J connectivity index is 1.60. The average Bonchev–Trinajstić information content (AvgIpc) is 2.68. The van der Waals surface area contributed by atoms with Crippen molar-refractivity contribution in [3.05, 3.63) is 59.9 Å². The Morgan fingerprint density at radius 1 is 1.22 bits per heavy atom. The van der Waals surface area contributed by atoms with Crippen molar-refractivity contribution in [2.45, 2.75) is 19.3 Å². The van der Waals surface area contributed by atoms with Crippen molar-refractivity contribution in [2.75, 3.05) is 32.1 Å². The third-order valence-corrected chi connectivity index (χ3v) is 5.24. The zero-order chi connectivity index (χ0) is 19.3. The van der Waals surface area contributed by atoms with E-state index in [4.69, 9.17) is 4.74 Å². The summed E-state index contributed by atoms with van der Waals surface area (Å²) in [7, 11) is 1.58. The minimum atomic E-state index is -0.319. The normalized spacial score (nSPS) is 16.0. The predicted octanol–water partition coefficient (Wildman–Crippen LogP) is 3.68. The van der Waals surface area contributed by atoms with Gasteiger partial charge >= 0.3 is 6.03 Å². The lowest BCUT2D eigenvalue weighted by molar-refractivity contribution is 0.0575. The van der Waals surface area contributed by atoms with Crippen LogP contribution in [0.5, 0.6) is 5.75 Å². The third kappa shape index (κ3) is 4.77. The number of benzene rings is 2. The topological polar surface area (TPSA) is 61.8 Å². The van der Waals surface area contributed by atoms with Gasteiger partial charge in [0, 0.05) is 36.9 Å². The first-order valence-electron chi connectivity index (χ1n) is 9.09. The molecule has 1 heterocycles. The summed E-state index contributed by atoms with van der Waals surface area (Å²) in [5, 5.41) is 12.8. The van der Waals surface area contributed by atoms with Gasteiger partial charge in [-0.05, 0) is 49.1 Å². The maximum absolute atomic E-state index is 13.4. The number of carbonyl (C=O) groups is 1. The number of likely N-dealkylation sites (tertiary alicyclic amines) is 1. The first kappa shape index (κ1) is 19.2. The number of aliphatic hydroxyl groups excluding tert-OH is 1. The van der Waals surface area contributed by atoms with Gasteiger partial charge in [0.25, 0.3) is 0 Å². The number of aliphatic hydroxyl groups is 1. The van der Waals surface area contributed by atoms with Gasteiger partial charge in [-0.15, -0.1) is 0 Å². The molecule has 0 aromatic heterocycles. The number of ether oxygens (including phenoxy) is 1. The lowest BCUT2D eigenvalue weighted by Crippen LogP contribution is -2.47. The highest BCUT2D eigenvalue weighted by molar-refractivity contribution is 5.89. The number of piperidine rings is 1. The highest BCUT2D eigenvalue weighted by Gasteiger charge is 2.35. The summed E-state index contributed by atoms with van der Waals surface area (Å²) in [6, 6.07) is 13.5. The molecule has 1 aliphatic heterocycles. The number of anilines is 1. The molecule has 5 nitrogen and oxygen atoms in total. The van der Waals surface area contributed by atoms with Crippen LogP contribution in [0, 0.1) is 11.2 Å². The van der Waals surface area contributed by atoms with Crippen LogP contribution >= 0.6 is 0 Å². The minimum absolute atomic E-state index is 0.0227. The van der Waals surface area contributed by atoms with Crippen LogP contribution in [0.2, 0.25) is 0 Å². The molecule has 1 saturated heterocycles. The Morgan fingerprint density at radius 3 is 2.63 bits per heavy atom. The highest BCUT2D eigenvalue weighted by atomic mass is 19.1. The monoisotopic (exact) mass is 372 g/mol. The maximum atomic E-state index is 13.4. The Hall–Kier alpha value is -2.60. The zero-order valence-electron chi connectivity index (χ0n) is 15.5. The van der Waals surface area contributed by atoms with E-state index in [1.165, 1.54) is 12.1 Å². The quantitative estimate of drug-likeness (QED) is 0.842. The summed E-state index contributed by atoms with van der Waals surface area (Å²) in [6.07, 6.45) is 1.95. The minimum Gasteiger partial charge on any atom is -0.497 e. The number of methoxy groups -OCH3 is 1. The van der Waals surface area contributed by atoms with Crippen molar-refractivity contribution in [1.82, 2.24) is 4.90 Å². The van der Waals surface area contributed by atoms with E-state index in [0.29, 0.717) is 43.8 Å². The van der Waals surface area contributed by atoms with Crippen LogP contribution in [-0.4, -0.2) is 42.8 Å². The van der Waals surface area contributed by atoms with Crippen molar-refractivity contribution >= 4 is 11.7 Å². The van der Waals surface area contributed by atoms with E-state index in [9.17, 15) is 14.3 Å². The number of amides is 2. The molecule has 3 rings (SSSR count). The van der Waals surface area contributed by atoms with E-state index in [1.54, 1.807) is 24.1 Å². The molecule has 2 amide bonds. The molecular weight excluding hydrogens is 347 g/mol. The molecule has 0 atom stereocenters. The number of nitrogens with one attached hydrogen (secondary N) is 1.